The number of nitrogens with zero attached hydrogens (tertiary/aromatic N) is 1. The largest absolute Gasteiger partial charge is 0.384 e. The van der Waals surface area contributed by atoms with Crippen molar-refractivity contribution in [2.75, 3.05) is 11.5 Å². The number of pyridine rings is 1. The normalized spacial score (nSPS) is 12.3. The van der Waals surface area contributed by atoms with Crippen molar-refractivity contribution in [1.29, 1.82) is 0 Å². The van der Waals surface area contributed by atoms with Crippen molar-refractivity contribution in [2.45, 2.75) is 4.90 Å². The number of nitrogen functional groups attached to an aromatic ring is 1. The Morgan fingerprint density at radius 3 is 2.92 bits per heavy atom. The van der Waals surface area contributed by atoms with E-state index in [2.05, 4.69) is 11.6 Å². The van der Waals surface area contributed by atoms with Gasteiger partial charge >= 0.3 is 0 Å². The lowest BCUT2D eigenvalue weighted by atomic mass is 10.5. The molecular weight excluding hydrogens is 172 g/mol. The van der Waals surface area contributed by atoms with Crippen molar-refractivity contribution in [2.24, 2.45) is 0 Å². The minimum absolute atomic E-state index is 0.439. The first-order valence-corrected chi connectivity index (χ1v) is 4.76. The Morgan fingerprint density at radius 1 is 1.67 bits per heavy atom. The third-order valence-corrected chi connectivity index (χ3v) is 2.60. The Balaban J connectivity index is 2.82. The molecule has 0 spiro atoms. The second-order valence-electron chi connectivity index (χ2n) is 2.22. The predicted molar refractivity (Wildman–Crippen MR) is 50.1 cm³/mol. The SMILES string of the molecule is C=CCS(=O)c1ccc(N)nc1. The molecule has 0 aromatic carbocycles. The quantitative estimate of drug-likeness (QED) is 0.708. The van der Waals surface area contributed by atoms with Crippen LogP contribution in [0.3, 0.4) is 0 Å². The predicted octanol–water partition coefficient (Wildman–Crippen LogP) is 0.957. The van der Waals surface area contributed by atoms with Gasteiger partial charge in [0.25, 0.3) is 0 Å². The van der Waals surface area contributed by atoms with Crippen molar-refractivity contribution in [3.8, 4) is 0 Å². The zero-order chi connectivity index (χ0) is 8.97. The highest BCUT2D eigenvalue weighted by atomic mass is 32.2. The van der Waals surface area contributed by atoms with Crippen LogP contribution in [0.4, 0.5) is 5.82 Å². The topological polar surface area (TPSA) is 56.0 Å². The van der Waals surface area contributed by atoms with Crippen LogP contribution in [0.25, 0.3) is 0 Å². The summed E-state index contributed by atoms with van der Waals surface area (Å²) in [7, 11) is -1.03. The molecule has 0 saturated heterocycles. The summed E-state index contributed by atoms with van der Waals surface area (Å²) in [5, 5.41) is 0. The average molecular weight is 182 g/mol. The Kier molecular flexibility index (Phi) is 2.99. The molecule has 0 saturated carbocycles. The van der Waals surface area contributed by atoms with Crippen LogP contribution in [-0.2, 0) is 10.8 Å². The molecule has 3 nitrogen and oxygen atoms in total. The lowest BCUT2D eigenvalue weighted by Crippen LogP contribution is -1.97. The molecule has 1 heterocycles. The van der Waals surface area contributed by atoms with Gasteiger partial charge in [0.1, 0.15) is 5.82 Å². The standard InChI is InChI=1S/C8H10N2OS/c1-2-5-12(11)7-3-4-8(9)10-6-7/h2-4,6H,1,5H2,(H2,9,10). The van der Waals surface area contributed by atoms with E-state index >= 15 is 0 Å². The number of hydrogen-bond acceptors (Lipinski definition) is 3. The highest BCUT2D eigenvalue weighted by molar-refractivity contribution is 7.85. The molecule has 0 radical (unpaired) electrons. The molecule has 4 heteroatoms. The fourth-order valence-corrected chi connectivity index (χ4v) is 1.53. The summed E-state index contributed by atoms with van der Waals surface area (Å²) >= 11 is 0. The third kappa shape index (κ3) is 2.17. The minimum Gasteiger partial charge on any atom is -0.384 e. The van der Waals surface area contributed by atoms with Gasteiger partial charge < -0.3 is 5.73 Å². The molecule has 1 aromatic rings. The van der Waals surface area contributed by atoms with Crippen LogP contribution < -0.4 is 5.73 Å². The van der Waals surface area contributed by atoms with E-state index in [0.29, 0.717) is 16.5 Å². The minimum atomic E-state index is -1.03. The number of anilines is 1. The molecule has 0 fully saturated rings. The van der Waals surface area contributed by atoms with Crippen molar-refractivity contribution in [3.63, 3.8) is 0 Å². The molecule has 0 aliphatic heterocycles. The van der Waals surface area contributed by atoms with Crippen molar-refractivity contribution >= 4 is 16.6 Å². The summed E-state index contributed by atoms with van der Waals surface area (Å²) in [6.07, 6.45) is 3.14. The van der Waals surface area contributed by atoms with Crippen LogP contribution in [0.2, 0.25) is 0 Å². The summed E-state index contributed by atoms with van der Waals surface area (Å²) in [5.74, 6) is 0.889. The van der Waals surface area contributed by atoms with Gasteiger partial charge in [0.15, 0.2) is 0 Å². The van der Waals surface area contributed by atoms with E-state index in [4.69, 9.17) is 5.73 Å². The summed E-state index contributed by atoms with van der Waals surface area (Å²) < 4.78 is 11.3. The lowest BCUT2D eigenvalue weighted by molar-refractivity contribution is 0.684. The van der Waals surface area contributed by atoms with E-state index in [1.165, 1.54) is 6.20 Å². The molecule has 64 valence electrons. The van der Waals surface area contributed by atoms with Gasteiger partial charge in [0, 0.05) is 11.9 Å². The van der Waals surface area contributed by atoms with E-state index in [9.17, 15) is 4.21 Å². The van der Waals surface area contributed by atoms with E-state index in [1.807, 2.05) is 0 Å². The number of rotatable bonds is 3. The molecule has 1 atom stereocenters. The Morgan fingerprint density at radius 2 is 2.42 bits per heavy atom. The summed E-state index contributed by atoms with van der Waals surface area (Å²) in [4.78, 5) is 4.52. The van der Waals surface area contributed by atoms with Crippen molar-refractivity contribution in [1.82, 2.24) is 4.98 Å². The molecule has 0 aliphatic rings. The number of hydrogen-bond donors (Lipinski definition) is 1. The van der Waals surface area contributed by atoms with Gasteiger partial charge in [-0.25, -0.2) is 4.98 Å². The zero-order valence-corrected chi connectivity index (χ0v) is 7.38. The smallest absolute Gasteiger partial charge is 0.123 e. The summed E-state index contributed by atoms with van der Waals surface area (Å²) in [5.41, 5.74) is 5.37. The number of nitrogens with two attached hydrogens (primary N) is 1. The molecular formula is C8H10N2OS. The van der Waals surface area contributed by atoms with Crippen LogP contribution in [0.5, 0.6) is 0 Å². The van der Waals surface area contributed by atoms with Crippen molar-refractivity contribution < 1.29 is 4.21 Å². The second-order valence-corrected chi connectivity index (χ2v) is 3.72. The molecule has 1 rings (SSSR count). The first-order valence-electron chi connectivity index (χ1n) is 3.45. The van der Waals surface area contributed by atoms with E-state index in [0.717, 1.165) is 0 Å². The van der Waals surface area contributed by atoms with Gasteiger partial charge in [-0.15, -0.1) is 6.58 Å². The molecule has 1 aromatic heterocycles. The van der Waals surface area contributed by atoms with Crippen LogP contribution >= 0.6 is 0 Å². The average Bonchev–Trinajstić information content (AvgIpc) is 2.06. The zero-order valence-electron chi connectivity index (χ0n) is 6.56. The summed E-state index contributed by atoms with van der Waals surface area (Å²) in [6, 6.07) is 3.35. The fraction of sp³-hybridized carbons (Fsp3) is 0.125. The second kappa shape index (κ2) is 4.01. The number of aromatic nitrogens is 1. The fourth-order valence-electron chi connectivity index (χ4n) is 0.730. The highest BCUT2D eigenvalue weighted by Crippen LogP contribution is 2.06. The highest BCUT2D eigenvalue weighted by Gasteiger charge is 2.00. The van der Waals surface area contributed by atoms with Crippen LogP contribution in [0.15, 0.2) is 35.9 Å². The Bertz CT molecular complexity index is 294. The van der Waals surface area contributed by atoms with Gasteiger partial charge in [0.2, 0.25) is 0 Å². The molecule has 12 heavy (non-hydrogen) atoms. The van der Waals surface area contributed by atoms with E-state index in [1.54, 1.807) is 18.2 Å². The van der Waals surface area contributed by atoms with E-state index in [-0.39, 0.29) is 0 Å². The van der Waals surface area contributed by atoms with Crippen LogP contribution in [0, 0.1) is 0 Å². The Labute approximate surface area is 73.8 Å². The maximum absolute atomic E-state index is 11.3. The third-order valence-electron chi connectivity index (χ3n) is 1.29. The van der Waals surface area contributed by atoms with Crippen LogP contribution in [0.1, 0.15) is 0 Å². The first kappa shape index (κ1) is 8.93. The molecule has 0 bridgehead atoms. The van der Waals surface area contributed by atoms with Gasteiger partial charge in [-0.2, -0.15) is 0 Å². The van der Waals surface area contributed by atoms with Gasteiger partial charge in [-0.1, -0.05) is 6.08 Å². The van der Waals surface area contributed by atoms with Gasteiger partial charge in [-0.3, -0.25) is 4.21 Å². The summed E-state index contributed by atoms with van der Waals surface area (Å²) in [6.45, 7) is 3.51. The van der Waals surface area contributed by atoms with Crippen LogP contribution in [-0.4, -0.2) is 14.9 Å². The molecule has 2 N–H and O–H groups in total. The molecule has 0 aliphatic carbocycles. The maximum Gasteiger partial charge on any atom is 0.123 e. The monoisotopic (exact) mass is 182 g/mol. The van der Waals surface area contributed by atoms with Gasteiger partial charge in [-0.05, 0) is 12.1 Å². The molecule has 0 amide bonds. The van der Waals surface area contributed by atoms with Gasteiger partial charge in [0.05, 0.1) is 15.7 Å². The maximum atomic E-state index is 11.3. The molecule has 1 unspecified atom stereocenters. The first-order chi connectivity index (χ1) is 5.74. The lowest BCUT2D eigenvalue weighted by Gasteiger charge is -1.97. The Hall–Kier alpha value is -1.16. The van der Waals surface area contributed by atoms with Crippen molar-refractivity contribution in [3.05, 3.63) is 31.0 Å². The van der Waals surface area contributed by atoms with E-state index < -0.39 is 10.8 Å².